The molecule has 0 radical (unpaired) electrons. The molecule has 0 fully saturated rings. The van der Waals surface area contributed by atoms with Crippen LogP contribution in [0.25, 0.3) is 0 Å². The van der Waals surface area contributed by atoms with Crippen LogP contribution in [0.1, 0.15) is 58.8 Å². The first-order valence-electron chi connectivity index (χ1n) is 6.12. The molecule has 0 aliphatic heterocycles. The predicted octanol–water partition coefficient (Wildman–Crippen LogP) is -1.53. The first-order valence-corrected chi connectivity index (χ1v) is 6.12. The smallest absolute Gasteiger partial charge is 0.548 e. The maximum atomic E-state index is 10.4. The Hall–Kier alpha value is 1.07. The van der Waals surface area contributed by atoms with E-state index in [4.69, 9.17) is 0 Å². The van der Waals surface area contributed by atoms with Crippen LogP contribution in [-0.4, -0.2) is 18.6 Å². The van der Waals surface area contributed by atoms with Gasteiger partial charge in [-0.2, -0.15) is 0 Å². The van der Waals surface area contributed by atoms with Gasteiger partial charge in [-0.15, -0.1) is 0 Å². The van der Waals surface area contributed by atoms with Crippen molar-refractivity contribution in [3.05, 3.63) is 0 Å². The Morgan fingerprint density at radius 3 is 2.12 bits per heavy atom. The van der Waals surface area contributed by atoms with Crippen LogP contribution in [0.15, 0.2) is 0 Å². The van der Waals surface area contributed by atoms with E-state index in [2.05, 4.69) is 12.2 Å². The molecule has 0 rings (SSSR count). The van der Waals surface area contributed by atoms with Crippen molar-refractivity contribution in [2.24, 2.45) is 0 Å². The zero-order valence-electron chi connectivity index (χ0n) is 11.1. The van der Waals surface area contributed by atoms with Crippen molar-refractivity contribution >= 4 is 5.97 Å². The number of nitrogens with one attached hydrogen (secondary N) is 1. The van der Waals surface area contributed by atoms with E-state index < -0.39 is 12.0 Å². The summed E-state index contributed by atoms with van der Waals surface area (Å²) < 4.78 is 0. The van der Waals surface area contributed by atoms with E-state index in [1.54, 1.807) is 6.92 Å². The van der Waals surface area contributed by atoms with Crippen LogP contribution in [0.4, 0.5) is 0 Å². The normalized spacial score (nSPS) is 11.9. The molecular formula is C12H24KNO2. The van der Waals surface area contributed by atoms with Gasteiger partial charge in [0, 0.05) is 6.04 Å². The Morgan fingerprint density at radius 1 is 1.12 bits per heavy atom. The number of rotatable bonds is 10. The molecule has 0 aromatic heterocycles. The topological polar surface area (TPSA) is 52.2 Å². The Kier molecular flexibility index (Phi) is 17.1. The number of carbonyl (C=O) groups excluding carboxylic acids is 1. The van der Waals surface area contributed by atoms with Crippen molar-refractivity contribution in [1.82, 2.24) is 5.32 Å². The standard InChI is InChI=1S/C12H25NO2.K/c1-3-4-5-6-7-8-9-10-13-11(2)12(14)15;/h11,13H,3-10H2,1-2H3,(H,14,15);/q;+1/p-1. The molecule has 1 unspecified atom stereocenters. The fourth-order valence-corrected chi connectivity index (χ4v) is 1.48. The monoisotopic (exact) mass is 253 g/mol. The zero-order chi connectivity index (χ0) is 11.5. The van der Waals surface area contributed by atoms with E-state index in [0.717, 1.165) is 13.0 Å². The van der Waals surface area contributed by atoms with Crippen LogP contribution in [0.2, 0.25) is 0 Å². The van der Waals surface area contributed by atoms with Crippen LogP contribution in [0.3, 0.4) is 0 Å². The van der Waals surface area contributed by atoms with E-state index in [0.29, 0.717) is 0 Å². The molecule has 1 N–H and O–H groups in total. The molecule has 0 bridgehead atoms. The minimum atomic E-state index is -1.02. The molecule has 1 atom stereocenters. The fraction of sp³-hybridized carbons (Fsp3) is 0.917. The van der Waals surface area contributed by atoms with Crippen molar-refractivity contribution in [1.29, 1.82) is 0 Å². The molecule has 0 spiro atoms. The number of hydrogen-bond donors (Lipinski definition) is 1. The average Bonchev–Trinajstić information content (AvgIpc) is 2.21. The van der Waals surface area contributed by atoms with Crippen molar-refractivity contribution in [3.8, 4) is 0 Å². The molecule has 0 heterocycles. The maximum Gasteiger partial charge on any atom is 1.00 e. The van der Waals surface area contributed by atoms with Gasteiger partial charge in [0.2, 0.25) is 0 Å². The van der Waals surface area contributed by atoms with Crippen molar-refractivity contribution < 1.29 is 61.3 Å². The molecular weight excluding hydrogens is 229 g/mol. The quantitative estimate of drug-likeness (QED) is 0.380. The second-order valence-corrected chi connectivity index (χ2v) is 4.12. The number of aliphatic carboxylic acids is 1. The summed E-state index contributed by atoms with van der Waals surface area (Å²) in [5.41, 5.74) is 0. The third-order valence-corrected chi connectivity index (χ3v) is 2.58. The minimum Gasteiger partial charge on any atom is -0.548 e. The van der Waals surface area contributed by atoms with Gasteiger partial charge in [-0.3, -0.25) is 0 Å². The second kappa shape index (κ2) is 14.1. The third-order valence-electron chi connectivity index (χ3n) is 2.58. The summed E-state index contributed by atoms with van der Waals surface area (Å²) >= 11 is 0. The summed E-state index contributed by atoms with van der Waals surface area (Å²) in [7, 11) is 0. The average molecular weight is 253 g/mol. The summed E-state index contributed by atoms with van der Waals surface area (Å²) in [5, 5.41) is 13.3. The number of carboxylic acid groups (broad SMARTS) is 1. The van der Waals surface area contributed by atoms with Crippen molar-refractivity contribution in [2.45, 2.75) is 64.8 Å². The molecule has 0 amide bonds. The summed E-state index contributed by atoms with van der Waals surface area (Å²) in [6, 6.07) is -0.523. The molecule has 0 aliphatic rings. The van der Waals surface area contributed by atoms with E-state index in [-0.39, 0.29) is 51.4 Å². The maximum absolute atomic E-state index is 10.4. The first-order chi connectivity index (χ1) is 7.18. The molecule has 0 aliphatic carbocycles. The van der Waals surface area contributed by atoms with Crippen LogP contribution < -0.4 is 61.8 Å². The number of carboxylic acids is 1. The van der Waals surface area contributed by atoms with Gasteiger partial charge in [-0.1, -0.05) is 45.4 Å². The van der Waals surface area contributed by atoms with Gasteiger partial charge < -0.3 is 15.2 Å². The zero-order valence-corrected chi connectivity index (χ0v) is 14.2. The van der Waals surface area contributed by atoms with Gasteiger partial charge in [-0.05, 0) is 19.9 Å². The van der Waals surface area contributed by atoms with Crippen LogP contribution in [0.5, 0.6) is 0 Å². The van der Waals surface area contributed by atoms with Gasteiger partial charge in [0.1, 0.15) is 0 Å². The van der Waals surface area contributed by atoms with Crippen molar-refractivity contribution in [3.63, 3.8) is 0 Å². The molecule has 0 aromatic rings. The Morgan fingerprint density at radius 2 is 1.62 bits per heavy atom. The van der Waals surface area contributed by atoms with E-state index in [1.165, 1.54) is 38.5 Å². The second-order valence-electron chi connectivity index (χ2n) is 4.12. The number of unbranched alkanes of at least 4 members (excludes halogenated alkanes) is 6. The third kappa shape index (κ3) is 13.1. The van der Waals surface area contributed by atoms with E-state index in [1.807, 2.05) is 0 Å². The SMILES string of the molecule is CCCCCCCCCNC(C)C(=O)[O-].[K+]. The Labute approximate surface area is 142 Å². The van der Waals surface area contributed by atoms with Gasteiger partial charge >= 0.3 is 51.4 Å². The molecule has 16 heavy (non-hydrogen) atoms. The molecule has 90 valence electrons. The fourth-order valence-electron chi connectivity index (χ4n) is 1.48. The van der Waals surface area contributed by atoms with Crippen molar-refractivity contribution in [2.75, 3.05) is 6.54 Å². The Bertz CT molecular complexity index is 165. The summed E-state index contributed by atoms with van der Waals surface area (Å²) in [6.45, 7) is 4.62. The Balaban J connectivity index is 0. The van der Waals surface area contributed by atoms with Crippen LogP contribution in [0, 0.1) is 0 Å². The summed E-state index contributed by atoms with van der Waals surface area (Å²) in [4.78, 5) is 10.4. The van der Waals surface area contributed by atoms with Gasteiger partial charge in [0.15, 0.2) is 0 Å². The van der Waals surface area contributed by atoms with Gasteiger partial charge in [-0.25, -0.2) is 0 Å². The summed E-state index contributed by atoms with van der Waals surface area (Å²) in [6.07, 6.45) is 8.77. The largest absolute Gasteiger partial charge is 1.00 e. The summed E-state index contributed by atoms with van der Waals surface area (Å²) in [5.74, 6) is -1.02. The molecule has 0 aromatic carbocycles. The van der Waals surface area contributed by atoms with E-state index >= 15 is 0 Å². The molecule has 0 saturated carbocycles. The van der Waals surface area contributed by atoms with Crippen LogP contribution >= 0.6 is 0 Å². The first kappa shape index (κ1) is 19.4. The predicted molar refractivity (Wildman–Crippen MR) is 60.5 cm³/mol. The number of hydrogen-bond acceptors (Lipinski definition) is 3. The molecule has 3 nitrogen and oxygen atoms in total. The van der Waals surface area contributed by atoms with Gasteiger partial charge in [0.25, 0.3) is 0 Å². The number of carbonyl (C=O) groups is 1. The van der Waals surface area contributed by atoms with E-state index in [9.17, 15) is 9.90 Å². The molecule has 4 heteroatoms. The van der Waals surface area contributed by atoms with Gasteiger partial charge in [0.05, 0.1) is 5.97 Å². The molecule has 0 saturated heterocycles. The minimum absolute atomic E-state index is 0. The van der Waals surface area contributed by atoms with Crippen LogP contribution in [-0.2, 0) is 4.79 Å².